The average Bonchev–Trinajstić information content (AvgIpc) is 2.78. The van der Waals surface area contributed by atoms with Crippen LogP contribution < -0.4 is 0 Å². The van der Waals surface area contributed by atoms with Gasteiger partial charge in [-0.2, -0.15) is 13.2 Å². The highest BCUT2D eigenvalue weighted by Gasteiger charge is 2.40. The normalized spacial score (nSPS) is 20.3. The monoisotopic (exact) mass is 461 g/mol. The Kier molecular flexibility index (Phi) is 7.65. The standard InChI is InChI=1S/C26H30F3NO3/c1-5-32-24(31)20-11-12-25(30(4)16-20,22-9-7-6-8-10-22)17-33-19(3)21-13-18(2)14-23(15-21)26(27,28)29/h6-11,13-15,19H,5,12,16-17H2,1-4H3/t19-,25-/m1/s1. The topological polar surface area (TPSA) is 38.8 Å². The van der Waals surface area contributed by atoms with Crippen molar-refractivity contribution < 1.29 is 27.4 Å². The molecule has 0 saturated heterocycles. The van der Waals surface area contributed by atoms with Crippen molar-refractivity contribution in [1.29, 1.82) is 0 Å². The smallest absolute Gasteiger partial charge is 0.416 e. The molecule has 0 fully saturated rings. The van der Waals surface area contributed by atoms with E-state index in [4.69, 9.17) is 9.47 Å². The van der Waals surface area contributed by atoms with Crippen molar-refractivity contribution in [3.63, 3.8) is 0 Å². The lowest BCUT2D eigenvalue weighted by atomic mass is 9.82. The third kappa shape index (κ3) is 5.65. The summed E-state index contributed by atoms with van der Waals surface area (Å²) in [5.41, 5.74) is 1.37. The Balaban J connectivity index is 1.88. The number of carbonyl (C=O) groups is 1. The van der Waals surface area contributed by atoms with Crippen molar-refractivity contribution in [2.24, 2.45) is 0 Å². The molecule has 2 atom stereocenters. The SMILES string of the molecule is CCOC(=O)C1=CC[C@@](CO[C@H](C)c2cc(C)cc(C(F)(F)F)c2)(c2ccccc2)N(C)C1. The van der Waals surface area contributed by atoms with Crippen LogP contribution in [0.3, 0.4) is 0 Å². The van der Waals surface area contributed by atoms with Crippen LogP contribution in [0.5, 0.6) is 0 Å². The van der Waals surface area contributed by atoms with Crippen LogP contribution in [-0.2, 0) is 26.0 Å². The Morgan fingerprint density at radius 3 is 2.48 bits per heavy atom. The number of hydrogen-bond donors (Lipinski definition) is 0. The van der Waals surface area contributed by atoms with Crippen molar-refractivity contribution in [2.75, 3.05) is 26.8 Å². The van der Waals surface area contributed by atoms with E-state index in [0.29, 0.717) is 36.3 Å². The van der Waals surface area contributed by atoms with E-state index in [1.165, 1.54) is 0 Å². The second kappa shape index (κ2) is 10.1. The van der Waals surface area contributed by atoms with Crippen LogP contribution >= 0.6 is 0 Å². The fourth-order valence-electron chi connectivity index (χ4n) is 4.20. The zero-order valence-corrected chi connectivity index (χ0v) is 19.4. The van der Waals surface area contributed by atoms with Crippen molar-refractivity contribution in [3.8, 4) is 0 Å². The van der Waals surface area contributed by atoms with E-state index >= 15 is 0 Å². The van der Waals surface area contributed by atoms with Gasteiger partial charge in [0.2, 0.25) is 0 Å². The van der Waals surface area contributed by atoms with Crippen molar-refractivity contribution in [3.05, 3.63) is 82.4 Å². The third-order valence-corrected chi connectivity index (χ3v) is 6.14. The van der Waals surface area contributed by atoms with Crippen molar-refractivity contribution in [1.82, 2.24) is 4.90 Å². The fraction of sp³-hybridized carbons (Fsp3) is 0.423. The summed E-state index contributed by atoms with van der Waals surface area (Å²) < 4.78 is 51.2. The number of likely N-dealkylation sites (N-methyl/N-ethyl adjacent to an activating group) is 1. The molecule has 1 aliphatic heterocycles. The second-order valence-electron chi connectivity index (χ2n) is 8.49. The maximum atomic E-state index is 13.3. The highest BCUT2D eigenvalue weighted by atomic mass is 19.4. The van der Waals surface area contributed by atoms with Crippen LogP contribution in [0.25, 0.3) is 0 Å². The van der Waals surface area contributed by atoms with Gasteiger partial charge in [-0.25, -0.2) is 4.79 Å². The van der Waals surface area contributed by atoms with Crippen LogP contribution in [0.15, 0.2) is 60.2 Å². The molecule has 3 rings (SSSR count). The highest BCUT2D eigenvalue weighted by Crippen LogP contribution is 2.38. The van der Waals surface area contributed by atoms with Gasteiger partial charge in [0.1, 0.15) is 0 Å². The van der Waals surface area contributed by atoms with Crippen LogP contribution in [0.4, 0.5) is 13.2 Å². The first kappa shape index (κ1) is 25.0. The Morgan fingerprint density at radius 2 is 1.88 bits per heavy atom. The largest absolute Gasteiger partial charge is 0.463 e. The van der Waals surface area contributed by atoms with Crippen molar-refractivity contribution in [2.45, 2.75) is 45.0 Å². The van der Waals surface area contributed by atoms with Crippen LogP contribution in [0.2, 0.25) is 0 Å². The van der Waals surface area contributed by atoms with Crippen LogP contribution in [0, 0.1) is 6.92 Å². The summed E-state index contributed by atoms with van der Waals surface area (Å²) in [5.74, 6) is -0.334. The van der Waals surface area contributed by atoms with E-state index in [-0.39, 0.29) is 12.6 Å². The van der Waals surface area contributed by atoms with Gasteiger partial charge in [0, 0.05) is 12.1 Å². The van der Waals surface area contributed by atoms with Gasteiger partial charge in [-0.1, -0.05) is 48.0 Å². The molecule has 1 heterocycles. The molecule has 0 saturated carbocycles. The number of rotatable bonds is 7. The van der Waals surface area contributed by atoms with Gasteiger partial charge in [0.05, 0.1) is 30.4 Å². The molecule has 0 unspecified atom stereocenters. The minimum atomic E-state index is -4.41. The van der Waals surface area contributed by atoms with Gasteiger partial charge >= 0.3 is 12.1 Å². The molecule has 4 nitrogen and oxygen atoms in total. The maximum absolute atomic E-state index is 13.3. The first-order valence-corrected chi connectivity index (χ1v) is 11.0. The third-order valence-electron chi connectivity index (χ3n) is 6.14. The summed E-state index contributed by atoms with van der Waals surface area (Å²) in [6.07, 6.45) is -2.57. The van der Waals surface area contributed by atoms with E-state index < -0.39 is 23.4 Å². The quantitative estimate of drug-likeness (QED) is 0.488. The Hall–Kier alpha value is -2.64. The summed E-state index contributed by atoms with van der Waals surface area (Å²) in [4.78, 5) is 14.3. The Bertz CT molecular complexity index is 1000. The maximum Gasteiger partial charge on any atom is 0.416 e. The molecule has 0 aliphatic carbocycles. The molecular weight excluding hydrogens is 431 g/mol. The predicted molar refractivity (Wildman–Crippen MR) is 121 cm³/mol. The fourth-order valence-corrected chi connectivity index (χ4v) is 4.20. The van der Waals surface area contributed by atoms with Gasteiger partial charge in [-0.3, -0.25) is 4.90 Å². The van der Waals surface area contributed by atoms with Crippen LogP contribution in [0.1, 0.15) is 48.6 Å². The van der Waals surface area contributed by atoms with Gasteiger partial charge < -0.3 is 9.47 Å². The number of esters is 1. The lowest BCUT2D eigenvalue weighted by Crippen LogP contribution is -2.51. The molecule has 0 spiro atoms. The van der Waals surface area contributed by atoms with Gasteiger partial charge in [-0.05, 0) is 57.5 Å². The number of hydrogen-bond acceptors (Lipinski definition) is 4. The zero-order chi connectivity index (χ0) is 24.2. The van der Waals surface area contributed by atoms with Gasteiger partial charge in [0.25, 0.3) is 0 Å². The molecule has 2 aromatic rings. The Morgan fingerprint density at radius 1 is 1.18 bits per heavy atom. The molecule has 33 heavy (non-hydrogen) atoms. The number of aryl methyl sites for hydroxylation is 1. The lowest BCUT2D eigenvalue weighted by Gasteiger charge is -2.45. The second-order valence-corrected chi connectivity index (χ2v) is 8.49. The van der Waals surface area contributed by atoms with Gasteiger partial charge in [0.15, 0.2) is 0 Å². The van der Waals surface area contributed by atoms with E-state index in [1.807, 2.05) is 43.5 Å². The molecule has 2 aromatic carbocycles. The minimum Gasteiger partial charge on any atom is -0.463 e. The molecule has 0 aromatic heterocycles. The molecule has 7 heteroatoms. The number of ether oxygens (including phenoxy) is 2. The first-order valence-electron chi connectivity index (χ1n) is 11.0. The lowest BCUT2D eigenvalue weighted by molar-refractivity contribution is -0.140. The van der Waals surface area contributed by atoms with Gasteiger partial charge in [-0.15, -0.1) is 0 Å². The molecule has 0 radical (unpaired) electrons. The molecular formula is C26H30F3NO3. The molecule has 0 N–H and O–H groups in total. The summed E-state index contributed by atoms with van der Waals surface area (Å²) in [6, 6.07) is 13.8. The summed E-state index contributed by atoms with van der Waals surface area (Å²) in [7, 11) is 1.92. The number of alkyl halides is 3. The molecule has 0 bridgehead atoms. The number of halogens is 3. The summed E-state index contributed by atoms with van der Waals surface area (Å²) >= 11 is 0. The number of carbonyl (C=O) groups excluding carboxylic acids is 1. The zero-order valence-electron chi connectivity index (χ0n) is 19.4. The minimum absolute atomic E-state index is 0.247. The number of benzene rings is 2. The van der Waals surface area contributed by atoms with E-state index in [9.17, 15) is 18.0 Å². The van der Waals surface area contributed by atoms with Crippen molar-refractivity contribution >= 4 is 5.97 Å². The van der Waals surface area contributed by atoms with E-state index in [2.05, 4.69) is 4.90 Å². The highest BCUT2D eigenvalue weighted by molar-refractivity contribution is 5.89. The summed E-state index contributed by atoms with van der Waals surface area (Å²) in [5, 5.41) is 0. The summed E-state index contributed by atoms with van der Waals surface area (Å²) in [6.45, 7) is 6.11. The number of nitrogens with zero attached hydrogens (tertiary/aromatic N) is 1. The van der Waals surface area contributed by atoms with E-state index in [0.717, 1.165) is 17.7 Å². The molecule has 1 aliphatic rings. The van der Waals surface area contributed by atoms with E-state index in [1.54, 1.807) is 26.8 Å². The predicted octanol–water partition coefficient (Wildman–Crippen LogP) is 5.81. The molecule has 178 valence electrons. The van der Waals surface area contributed by atoms with Crippen LogP contribution in [-0.4, -0.2) is 37.7 Å². The first-order chi connectivity index (χ1) is 15.6. The average molecular weight is 462 g/mol. The molecule has 0 amide bonds. The Labute approximate surface area is 193 Å².